The van der Waals surface area contributed by atoms with Crippen molar-refractivity contribution in [1.82, 2.24) is 9.97 Å². The first kappa shape index (κ1) is 14.0. The molecule has 2 aromatic rings. The highest BCUT2D eigenvalue weighted by Gasteiger charge is 2.14. The Balaban J connectivity index is 2.34. The van der Waals surface area contributed by atoms with Crippen LogP contribution in [0.4, 0.5) is 11.5 Å². The Labute approximate surface area is 116 Å². The van der Waals surface area contributed by atoms with Crippen LogP contribution in [0.1, 0.15) is 5.56 Å². The number of nitrogens with zero attached hydrogens (tertiary/aromatic N) is 2. The van der Waals surface area contributed by atoms with Gasteiger partial charge in [-0.15, -0.1) is 0 Å². The van der Waals surface area contributed by atoms with E-state index in [9.17, 15) is 14.9 Å². The Kier molecular flexibility index (Phi) is 4.01. The minimum absolute atomic E-state index is 0.0838. The van der Waals surface area contributed by atoms with Crippen LogP contribution in [0.3, 0.4) is 0 Å². The van der Waals surface area contributed by atoms with E-state index in [-0.39, 0.29) is 27.8 Å². The van der Waals surface area contributed by atoms with Gasteiger partial charge in [0.05, 0.1) is 17.1 Å². The summed E-state index contributed by atoms with van der Waals surface area (Å²) in [6, 6.07) is 5.41. The molecular weight excluding hydrogens is 284 g/mol. The number of hydrogen-bond donors (Lipinski definition) is 3. The zero-order valence-electron chi connectivity index (χ0n) is 10.1. The van der Waals surface area contributed by atoms with Crippen LogP contribution in [0.2, 0.25) is 0 Å². The van der Waals surface area contributed by atoms with Gasteiger partial charge in [-0.05, 0) is 12.1 Å². The summed E-state index contributed by atoms with van der Waals surface area (Å²) in [7, 11) is 0. The van der Waals surface area contributed by atoms with E-state index in [1.165, 1.54) is 18.2 Å². The van der Waals surface area contributed by atoms with Crippen molar-refractivity contribution >= 4 is 23.3 Å². The van der Waals surface area contributed by atoms with Crippen LogP contribution in [0, 0.1) is 10.1 Å². The van der Waals surface area contributed by atoms with Crippen molar-refractivity contribution in [2.24, 2.45) is 0 Å². The zero-order valence-corrected chi connectivity index (χ0v) is 10.9. The van der Waals surface area contributed by atoms with E-state index in [0.717, 1.165) is 17.8 Å². The second-order valence-electron chi connectivity index (χ2n) is 3.78. The molecule has 0 radical (unpaired) electrons. The maximum atomic E-state index is 11.2. The summed E-state index contributed by atoms with van der Waals surface area (Å²) in [6.45, 7) is -0.453. The number of H-pyrrole nitrogens is 1. The SMILES string of the molecule is Nc1cc(=O)[nH]c(Sc2ccc([N+](=O)[O-])c(CO)c2)n1. The van der Waals surface area contributed by atoms with Crippen LogP contribution >= 0.6 is 11.8 Å². The van der Waals surface area contributed by atoms with Crippen molar-refractivity contribution in [1.29, 1.82) is 0 Å². The standard InChI is InChI=1S/C11H10N4O4S/c12-9-4-10(17)14-11(13-9)20-7-1-2-8(15(18)19)6(3-7)5-16/h1-4,16H,5H2,(H3,12,13,14,17). The maximum Gasteiger partial charge on any atom is 0.274 e. The van der Waals surface area contributed by atoms with Crippen LogP contribution < -0.4 is 11.3 Å². The van der Waals surface area contributed by atoms with Crippen molar-refractivity contribution < 1.29 is 10.0 Å². The molecular formula is C11H10N4O4S. The van der Waals surface area contributed by atoms with Crippen LogP contribution in [0.25, 0.3) is 0 Å². The normalized spacial score (nSPS) is 10.4. The first-order valence-corrected chi connectivity index (χ1v) is 6.24. The molecule has 0 spiro atoms. The lowest BCUT2D eigenvalue weighted by Crippen LogP contribution is -2.09. The number of rotatable bonds is 4. The Morgan fingerprint density at radius 3 is 2.80 bits per heavy atom. The molecule has 1 aromatic carbocycles. The van der Waals surface area contributed by atoms with E-state index in [1.54, 1.807) is 0 Å². The summed E-state index contributed by atoms with van der Waals surface area (Å²) >= 11 is 1.09. The summed E-state index contributed by atoms with van der Waals surface area (Å²) < 4.78 is 0. The van der Waals surface area contributed by atoms with Crippen LogP contribution in [0.15, 0.2) is 39.1 Å². The first-order chi connectivity index (χ1) is 9.49. The molecule has 0 saturated heterocycles. The molecule has 0 amide bonds. The summed E-state index contributed by atoms with van der Waals surface area (Å²) in [6.07, 6.45) is 0. The molecule has 9 heteroatoms. The Morgan fingerprint density at radius 2 is 2.20 bits per heavy atom. The number of nitrogens with one attached hydrogen (secondary N) is 1. The van der Waals surface area contributed by atoms with E-state index in [0.29, 0.717) is 4.90 Å². The molecule has 0 saturated carbocycles. The number of benzene rings is 1. The van der Waals surface area contributed by atoms with E-state index in [2.05, 4.69) is 9.97 Å². The van der Waals surface area contributed by atoms with E-state index in [1.807, 2.05) is 0 Å². The second-order valence-corrected chi connectivity index (χ2v) is 4.85. The van der Waals surface area contributed by atoms with E-state index < -0.39 is 11.5 Å². The fraction of sp³-hybridized carbons (Fsp3) is 0.0909. The Hall–Kier alpha value is -2.39. The number of anilines is 1. The third-order valence-electron chi connectivity index (χ3n) is 2.37. The monoisotopic (exact) mass is 294 g/mol. The quantitative estimate of drug-likeness (QED) is 0.433. The minimum atomic E-state index is -0.569. The molecule has 1 aromatic heterocycles. The zero-order chi connectivity index (χ0) is 14.7. The smallest absolute Gasteiger partial charge is 0.274 e. The van der Waals surface area contributed by atoms with E-state index >= 15 is 0 Å². The van der Waals surface area contributed by atoms with Gasteiger partial charge < -0.3 is 15.8 Å². The van der Waals surface area contributed by atoms with Gasteiger partial charge in [0.15, 0.2) is 5.16 Å². The second kappa shape index (κ2) is 5.72. The lowest BCUT2D eigenvalue weighted by molar-refractivity contribution is -0.385. The molecule has 8 nitrogen and oxygen atoms in total. The third kappa shape index (κ3) is 3.13. The van der Waals surface area contributed by atoms with Gasteiger partial charge in [-0.1, -0.05) is 11.8 Å². The number of aliphatic hydroxyl groups is 1. The number of hydrogen-bond acceptors (Lipinski definition) is 7. The number of nitrogen functional groups attached to an aromatic ring is 1. The molecule has 0 unspecified atom stereocenters. The van der Waals surface area contributed by atoms with Crippen LogP contribution in [-0.2, 0) is 6.61 Å². The minimum Gasteiger partial charge on any atom is -0.391 e. The summed E-state index contributed by atoms with van der Waals surface area (Å²) in [5.74, 6) is 0.0838. The van der Waals surface area contributed by atoms with Crippen molar-refractivity contribution in [2.75, 3.05) is 5.73 Å². The third-order valence-corrected chi connectivity index (χ3v) is 3.25. The molecule has 0 atom stereocenters. The van der Waals surface area contributed by atoms with Gasteiger partial charge in [0.1, 0.15) is 5.82 Å². The molecule has 0 aliphatic heterocycles. The molecule has 0 aliphatic carbocycles. The van der Waals surface area contributed by atoms with Gasteiger partial charge >= 0.3 is 0 Å². The molecule has 0 fully saturated rings. The predicted molar refractivity (Wildman–Crippen MR) is 72.4 cm³/mol. The number of nitro groups is 1. The molecule has 1 heterocycles. The molecule has 4 N–H and O–H groups in total. The first-order valence-electron chi connectivity index (χ1n) is 5.42. The number of aromatic nitrogens is 2. The summed E-state index contributed by atoms with van der Waals surface area (Å²) in [5.41, 5.74) is 5.10. The molecule has 0 aliphatic rings. The maximum absolute atomic E-state index is 11.2. The van der Waals surface area contributed by atoms with Crippen molar-refractivity contribution in [2.45, 2.75) is 16.7 Å². The highest BCUT2D eigenvalue weighted by molar-refractivity contribution is 7.99. The molecule has 2 rings (SSSR count). The van der Waals surface area contributed by atoms with Crippen LogP contribution in [-0.4, -0.2) is 20.0 Å². The highest BCUT2D eigenvalue weighted by atomic mass is 32.2. The lowest BCUT2D eigenvalue weighted by Gasteiger charge is -2.04. The number of nitrogens with two attached hydrogens (primary N) is 1. The van der Waals surface area contributed by atoms with Gasteiger partial charge in [-0.3, -0.25) is 14.9 Å². The summed E-state index contributed by atoms with van der Waals surface area (Å²) in [4.78, 5) is 28.4. The summed E-state index contributed by atoms with van der Waals surface area (Å²) in [5, 5.41) is 20.2. The molecule has 104 valence electrons. The number of aromatic amines is 1. The number of aliphatic hydroxyl groups excluding tert-OH is 1. The largest absolute Gasteiger partial charge is 0.391 e. The topological polar surface area (TPSA) is 135 Å². The fourth-order valence-corrected chi connectivity index (χ4v) is 2.41. The average molecular weight is 294 g/mol. The molecule has 20 heavy (non-hydrogen) atoms. The van der Waals surface area contributed by atoms with Crippen molar-refractivity contribution in [3.8, 4) is 0 Å². The van der Waals surface area contributed by atoms with Gasteiger partial charge in [0, 0.05) is 17.0 Å². The Morgan fingerprint density at radius 1 is 1.45 bits per heavy atom. The predicted octanol–water partition coefficient (Wildman–Crippen LogP) is 0.904. The van der Waals surface area contributed by atoms with Gasteiger partial charge in [-0.2, -0.15) is 0 Å². The van der Waals surface area contributed by atoms with Crippen molar-refractivity contribution in [3.63, 3.8) is 0 Å². The van der Waals surface area contributed by atoms with E-state index in [4.69, 9.17) is 10.8 Å². The highest BCUT2D eigenvalue weighted by Crippen LogP contribution is 2.29. The molecule has 0 bridgehead atoms. The Bertz CT molecular complexity index is 716. The fourth-order valence-electron chi connectivity index (χ4n) is 1.54. The van der Waals surface area contributed by atoms with Gasteiger partial charge in [0.25, 0.3) is 11.2 Å². The number of nitro benzene ring substituents is 1. The average Bonchev–Trinajstić information content (AvgIpc) is 2.37. The lowest BCUT2D eigenvalue weighted by atomic mass is 10.2. The van der Waals surface area contributed by atoms with Crippen LogP contribution in [0.5, 0.6) is 0 Å². The van der Waals surface area contributed by atoms with Gasteiger partial charge in [0.2, 0.25) is 0 Å². The van der Waals surface area contributed by atoms with Gasteiger partial charge in [-0.25, -0.2) is 4.98 Å². The van der Waals surface area contributed by atoms with Crippen molar-refractivity contribution in [3.05, 3.63) is 50.3 Å².